The molecule has 0 aromatic carbocycles. The minimum Gasteiger partial charge on any atom is -0.359 e. The molecule has 1 aromatic rings. The first-order chi connectivity index (χ1) is 9.52. The van der Waals surface area contributed by atoms with Crippen molar-refractivity contribution < 1.29 is 4.52 Å². The van der Waals surface area contributed by atoms with Gasteiger partial charge in [0.05, 0.1) is 5.69 Å². The van der Waals surface area contributed by atoms with Crippen molar-refractivity contribution in [2.45, 2.75) is 53.5 Å². The highest BCUT2D eigenvalue weighted by molar-refractivity contribution is 14.0. The average Bonchev–Trinajstić information content (AvgIpc) is 2.84. The highest BCUT2D eigenvalue weighted by Crippen LogP contribution is 2.14. The highest BCUT2D eigenvalue weighted by atomic mass is 127. The molecule has 1 heterocycles. The molecule has 1 rings (SSSR count). The predicted octanol–water partition coefficient (Wildman–Crippen LogP) is 3.52. The van der Waals surface area contributed by atoms with Crippen LogP contribution in [0.4, 0.5) is 0 Å². The monoisotopic (exact) mass is 408 g/mol. The summed E-state index contributed by atoms with van der Waals surface area (Å²) in [7, 11) is 0. The van der Waals surface area contributed by atoms with Gasteiger partial charge in [-0.2, -0.15) is 0 Å². The van der Waals surface area contributed by atoms with Crippen LogP contribution in [-0.2, 0) is 6.54 Å². The van der Waals surface area contributed by atoms with Crippen molar-refractivity contribution >= 4 is 29.9 Å². The molecule has 5 nitrogen and oxygen atoms in total. The number of aliphatic imine (C=N–C) groups is 1. The second kappa shape index (κ2) is 10.9. The molecule has 0 saturated carbocycles. The number of hydrogen-bond acceptors (Lipinski definition) is 3. The van der Waals surface area contributed by atoms with E-state index in [9.17, 15) is 0 Å². The molecule has 6 heteroatoms. The molecule has 21 heavy (non-hydrogen) atoms. The molecule has 122 valence electrons. The summed E-state index contributed by atoms with van der Waals surface area (Å²) in [5.41, 5.74) is 0.980. The minimum atomic E-state index is 0. The van der Waals surface area contributed by atoms with Crippen molar-refractivity contribution in [2.75, 3.05) is 13.1 Å². The van der Waals surface area contributed by atoms with Crippen molar-refractivity contribution in [1.29, 1.82) is 0 Å². The van der Waals surface area contributed by atoms with Crippen LogP contribution in [0.5, 0.6) is 0 Å². The van der Waals surface area contributed by atoms with Gasteiger partial charge in [0.1, 0.15) is 6.54 Å². The Labute approximate surface area is 145 Å². The topological polar surface area (TPSA) is 62.5 Å². The fraction of sp³-hybridized carbons (Fsp3) is 0.733. The van der Waals surface area contributed by atoms with Crippen LogP contribution >= 0.6 is 24.0 Å². The molecule has 0 unspecified atom stereocenters. The zero-order valence-corrected chi connectivity index (χ0v) is 16.1. The molecule has 0 saturated heterocycles. The lowest BCUT2D eigenvalue weighted by molar-refractivity contribution is 0.376. The quantitative estimate of drug-likeness (QED) is 0.412. The smallest absolute Gasteiger partial charge is 0.191 e. The van der Waals surface area contributed by atoms with E-state index in [1.165, 1.54) is 0 Å². The third-order valence-electron chi connectivity index (χ3n) is 2.92. The first kappa shape index (κ1) is 20.2. The van der Waals surface area contributed by atoms with Gasteiger partial charge in [0.25, 0.3) is 0 Å². The van der Waals surface area contributed by atoms with Gasteiger partial charge in [0.15, 0.2) is 11.7 Å². The molecule has 0 radical (unpaired) electrons. The van der Waals surface area contributed by atoms with Crippen LogP contribution in [0, 0.1) is 5.92 Å². The first-order valence-corrected chi connectivity index (χ1v) is 7.50. The van der Waals surface area contributed by atoms with Gasteiger partial charge in [-0.15, -0.1) is 24.0 Å². The maximum absolute atomic E-state index is 5.28. The molecule has 0 fully saturated rings. The summed E-state index contributed by atoms with van der Waals surface area (Å²) in [5, 5.41) is 10.6. The van der Waals surface area contributed by atoms with E-state index in [0.717, 1.165) is 36.9 Å². The van der Waals surface area contributed by atoms with Crippen molar-refractivity contribution in [3.05, 3.63) is 17.5 Å². The molecule has 2 N–H and O–H groups in total. The molecule has 0 aliphatic carbocycles. The standard InChI is InChI=1S/C15H28N4O.HI/c1-6-16-15(17-8-7-11(2)3)18-10-13-9-14(12(4)5)19-20-13;/h9,11-12H,6-8,10H2,1-5H3,(H2,16,17,18);1H. The second-order valence-electron chi connectivity index (χ2n) is 5.68. The Bertz CT molecular complexity index is 416. The van der Waals surface area contributed by atoms with Crippen molar-refractivity contribution in [3.63, 3.8) is 0 Å². The Balaban J connectivity index is 0.00000400. The number of nitrogens with one attached hydrogen (secondary N) is 2. The van der Waals surface area contributed by atoms with E-state index in [-0.39, 0.29) is 24.0 Å². The Morgan fingerprint density at radius 3 is 2.52 bits per heavy atom. The molecule has 0 bridgehead atoms. The van der Waals surface area contributed by atoms with Gasteiger partial charge in [0.2, 0.25) is 0 Å². The van der Waals surface area contributed by atoms with Gasteiger partial charge in [-0.3, -0.25) is 0 Å². The van der Waals surface area contributed by atoms with Gasteiger partial charge in [0, 0.05) is 19.2 Å². The van der Waals surface area contributed by atoms with Crippen LogP contribution in [0.3, 0.4) is 0 Å². The molecule has 0 spiro atoms. The zero-order chi connectivity index (χ0) is 15.0. The van der Waals surface area contributed by atoms with Gasteiger partial charge in [-0.25, -0.2) is 4.99 Å². The summed E-state index contributed by atoms with van der Waals surface area (Å²) < 4.78 is 5.28. The molecular weight excluding hydrogens is 379 g/mol. The summed E-state index contributed by atoms with van der Waals surface area (Å²) in [6, 6.07) is 1.98. The molecule has 0 atom stereocenters. The Morgan fingerprint density at radius 1 is 1.29 bits per heavy atom. The van der Waals surface area contributed by atoms with E-state index >= 15 is 0 Å². The Kier molecular flexibility index (Phi) is 10.5. The fourth-order valence-corrected chi connectivity index (χ4v) is 1.65. The summed E-state index contributed by atoms with van der Waals surface area (Å²) in [5.74, 6) is 2.70. The number of nitrogens with zero attached hydrogens (tertiary/aromatic N) is 2. The van der Waals surface area contributed by atoms with Gasteiger partial charge in [-0.05, 0) is 25.2 Å². The maximum atomic E-state index is 5.28. The zero-order valence-electron chi connectivity index (χ0n) is 13.8. The summed E-state index contributed by atoms with van der Waals surface area (Å²) in [6.45, 7) is 13.0. The van der Waals surface area contributed by atoms with E-state index in [2.05, 4.69) is 55.4 Å². The van der Waals surface area contributed by atoms with Crippen molar-refractivity contribution in [1.82, 2.24) is 15.8 Å². The molecule has 0 aliphatic heterocycles. The Hall–Kier alpha value is -0.790. The normalized spacial score (nSPS) is 11.7. The Morgan fingerprint density at radius 2 is 2.00 bits per heavy atom. The van der Waals surface area contributed by atoms with Gasteiger partial charge < -0.3 is 15.2 Å². The van der Waals surface area contributed by atoms with E-state index in [1.54, 1.807) is 0 Å². The van der Waals surface area contributed by atoms with E-state index < -0.39 is 0 Å². The van der Waals surface area contributed by atoms with E-state index in [1.807, 2.05) is 6.07 Å². The number of halogens is 1. The molecule has 0 amide bonds. The SMILES string of the molecule is CCNC(=NCc1cc(C(C)C)no1)NCCC(C)C.I. The molecular formula is C15H29IN4O. The fourth-order valence-electron chi connectivity index (χ4n) is 1.65. The lowest BCUT2D eigenvalue weighted by Crippen LogP contribution is -2.38. The summed E-state index contributed by atoms with van der Waals surface area (Å²) in [6.07, 6.45) is 1.13. The first-order valence-electron chi connectivity index (χ1n) is 7.50. The van der Waals surface area contributed by atoms with Crippen LogP contribution in [-0.4, -0.2) is 24.2 Å². The maximum Gasteiger partial charge on any atom is 0.191 e. The third kappa shape index (κ3) is 8.28. The van der Waals surface area contributed by atoms with Gasteiger partial charge in [-0.1, -0.05) is 32.9 Å². The minimum absolute atomic E-state index is 0. The van der Waals surface area contributed by atoms with E-state index in [0.29, 0.717) is 18.4 Å². The number of aromatic nitrogens is 1. The van der Waals surface area contributed by atoms with Crippen molar-refractivity contribution in [3.8, 4) is 0 Å². The summed E-state index contributed by atoms with van der Waals surface area (Å²) in [4.78, 5) is 4.51. The molecule has 0 aliphatic rings. The third-order valence-corrected chi connectivity index (χ3v) is 2.92. The number of rotatable bonds is 7. The molecule has 1 aromatic heterocycles. The highest BCUT2D eigenvalue weighted by Gasteiger charge is 2.07. The van der Waals surface area contributed by atoms with E-state index in [4.69, 9.17) is 4.52 Å². The van der Waals surface area contributed by atoms with Crippen LogP contribution in [0.15, 0.2) is 15.6 Å². The lowest BCUT2D eigenvalue weighted by atomic mass is 10.1. The van der Waals surface area contributed by atoms with Crippen LogP contribution in [0.2, 0.25) is 0 Å². The van der Waals surface area contributed by atoms with Crippen LogP contribution in [0.1, 0.15) is 58.4 Å². The number of hydrogen-bond donors (Lipinski definition) is 2. The predicted molar refractivity (Wildman–Crippen MR) is 98.3 cm³/mol. The van der Waals surface area contributed by atoms with Gasteiger partial charge >= 0.3 is 0 Å². The van der Waals surface area contributed by atoms with Crippen molar-refractivity contribution in [2.24, 2.45) is 10.9 Å². The summed E-state index contributed by atoms with van der Waals surface area (Å²) >= 11 is 0. The number of guanidine groups is 1. The largest absolute Gasteiger partial charge is 0.359 e. The second-order valence-corrected chi connectivity index (χ2v) is 5.68. The van der Waals surface area contributed by atoms with Crippen LogP contribution < -0.4 is 10.6 Å². The van der Waals surface area contributed by atoms with Crippen LogP contribution in [0.25, 0.3) is 0 Å². The average molecular weight is 408 g/mol. The lowest BCUT2D eigenvalue weighted by Gasteiger charge is -2.11.